The Morgan fingerprint density at radius 2 is 1.79 bits per heavy atom. The molecule has 0 fully saturated rings. The molecule has 0 aliphatic heterocycles. The third-order valence-corrected chi connectivity index (χ3v) is 4.89. The highest BCUT2D eigenvalue weighted by molar-refractivity contribution is 9.10. The Morgan fingerprint density at radius 1 is 1.03 bits per heavy atom. The summed E-state index contributed by atoms with van der Waals surface area (Å²) in [6, 6.07) is 19.1. The molecule has 0 bridgehead atoms. The Balaban J connectivity index is 1.64. The molecule has 8 heteroatoms. The van der Waals surface area contributed by atoms with Crippen molar-refractivity contribution in [2.45, 2.75) is 6.61 Å². The number of halogens is 3. The maximum atomic E-state index is 12.3. The van der Waals surface area contributed by atoms with Crippen LogP contribution in [0.15, 0.2) is 76.4 Å². The molecule has 0 saturated carbocycles. The second-order valence-electron chi connectivity index (χ2n) is 5.92. The van der Waals surface area contributed by atoms with E-state index in [9.17, 15) is 4.79 Å². The van der Waals surface area contributed by atoms with Crippen molar-refractivity contribution in [1.82, 2.24) is 0 Å². The molecule has 5 nitrogen and oxygen atoms in total. The topological polar surface area (TPSA) is 73.9 Å². The Kier molecular flexibility index (Phi) is 7.14. The fourth-order valence-electron chi connectivity index (χ4n) is 2.38. The average Bonchev–Trinajstić information content (AvgIpc) is 2.71. The first-order valence-corrected chi connectivity index (χ1v) is 9.95. The molecule has 0 atom stereocenters. The van der Waals surface area contributed by atoms with E-state index in [0.717, 1.165) is 15.8 Å². The maximum Gasteiger partial charge on any atom is 0.365 e. The van der Waals surface area contributed by atoms with Gasteiger partial charge in [-0.05, 0) is 60.2 Å². The Morgan fingerprint density at radius 3 is 2.52 bits per heavy atom. The van der Waals surface area contributed by atoms with Crippen LogP contribution in [-0.4, -0.2) is 11.8 Å². The summed E-state index contributed by atoms with van der Waals surface area (Å²) in [5, 5.41) is 4.45. The van der Waals surface area contributed by atoms with Gasteiger partial charge in [-0.25, -0.2) is 4.79 Å². The van der Waals surface area contributed by atoms with Crippen LogP contribution in [-0.2, 0) is 11.4 Å². The van der Waals surface area contributed by atoms with Gasteiger partial charge in [0.1, 0.15) is 12.4 Å². The number of carbonyl (C=O) groups excluding carboxylic acids is 1. The van der Waals surface area contributed by atoms with Gasteiger partial charge in [0.25, 0.3) is 0 Å². The Labute approximate surface area is 186 Å². The molecule has 3 rings (SSSR count). The zero-order valence-electron chi connectivity index (χ0n) is 14.9. The van der Waals surface area contributed by atoms with Crippen LogP contribution in [0, 0.1) is 0 Å². The van der Waals surface area contributed by atoms with Crippen LogP contribution in [0.4, 0.5) is 0 Å². The van der Waals surface area contributed by atoms with E-state index in [4.69, 9.17) is 38.5 Å². The minimum Gasteiger partial charge on any atom is -0.489 e. The van der Waals surface area contributed by atoms with Gasteiger partial charge in [-0.1, -0.05) is 56.4 Å². The van der Waals surface area contributed by atoms with Gasteiger partial charge in [-0.3, -0.25) is 0 Å². The van der Waals surface area contributed by atoms with Crippen molar-refractivity contribution in [2.75, 3.05) is 0 Å². The van der Waals surface area contributed by atoms with Crippen LogP contribution in [0.25, 0.3) is 0 Å². The van der Waals surface area contributed by atoms with Crippen molar-refractivity contribution >= 4 is 50.9 Å². The molecule has 148 valence electrons. The second kappa shape index (κ2) is 9.78. The summed E-state index contributed by atoms with van der Waals surface area (Å²) in [7, 11) is 0. The summed E-state index contributed by atoms with van der Waals surface area (Å²) in [4.78, 5) is 17.2. The van der Waals surface area contributed by atoms with Gasteiger partial charge in [0.2, 0.25) is 0 Å². The van der Waals surface area contributed by atoms with E-state index in [1.807, 2.05) is 30.3 Å². The van der Waals surface area contributed by atoms with E-state index in [2.05, 4.69) is 21.1 Å². The van der Waals surface area contributed by atoms with Gasteiger partial charge in [0.05, 0.1) is 10.6 Å². The Hall–Kier alpha value is -2.54. The van der Waals surface area contributed by atoms with Gasteiger partial charge in [-0.15, -0.1) is 0 Å². The first-order chi connectivity index (χ1) is 13.9. The van der Waals surface area contributed by atoms with E-state index < -0.39 is 5.97 Å². The van der Waals surface area contributed by atoms with Crippen molar-refractivity contribution in [2.24, 2.45) is 10.9 Å². The normalized spacial score (nSPS) is 11.2. The summed E-state index contributed by atoms with van der Waals surface area (Å²) >= 11 is 15.3. The van der Waals surface area contributed by atoms with Crippen LogP contribution in [0.1, 0.15) is 21.5 Å². The summed E-state index contributed by atoms with van der Waals surface area (Å²) in [6.07, 6.45) is 0. The Bertz CT molecular complexity index is 1060. The summed E-state index contributed by atoms with van der Waals surface area (Å²) in [6.45, 7) is 0.300. The minimum absolute atomic E-state index is 0.0326. The number of oxime groups is 1. The summed E-state index contributed by atoms with van der Waals surface area (Å²) in [5.74, 6) is 0.0386. The average molecular weight is 494 g/mol. The van der Waals surface area contributed by atoms with Crippen LogP contribution in [0.5, 0.6) is 5.75 Å². The van der Waals surface area contributed by atoms with Crippen LogP contribution >= 0.6 is 39.1 Å². The van der Waals surface area contributed by atoms with E-state index in [-0.39, 0.29) is 5.84 Å². The van der Waals surface area contributed by atoms with Gasteiger partial charge >= 0.3 is 5.97 Å². The number of rotatable bonds is 6. The molecule has 0 aromatic heterocycles. The van der Waals surface area contributed by atoms with Crippen LogP contribution < -0.4 is 10.5 Å². The number of benzene rings is 3. The highest BCUT2D eigenvalue weighted by atomic mass is 79.9. The number of ether oxygens (including phenoxy) is 1. The number of hydrogen-bond acceptors (Lipinski definition) is 4. The maximum absolute atomic E-state index is 12.3. The quantitative estimate of drug-likeness (QED) is 0.203. The number of nitrogens with two attached hydrogens (primary N) is 1. The molecule has 0 aliphatic rings. The molecular weight excluding hydrogens is 479 g/mol. The molecule has 3 aromatic carbocycles. The highest BCUT2D eigenvalue weighted by Gasteiger charge is 2.11. The molecule has 3 aromatic rings. The van der Waals surface area contributed by atoms with Crippen LogP contribution in [0.2, 0.25) is 10.0 Å². The highest BCUT2D eigenvalue weighted by Crippen LogP contribution is 2.21. The van der Waals surface area contributed by atoms with Crippen LogP contribution in [0.3, 0.4) is 0 Å². The first-order valence-electron chi connectivity index (χ1n) is 8.40. The largest absolute Gasteiger partial charge is 0.489 e. The second-order valence-corrected chi connectivity index (χ2v) is 7.68. The van der Waals surface area contributed by atoms with E-state index in [1.165, 1.54) is 6.07 Å². The molecular formula is C21H15BrCl2N2O3. The lowest BCUT2D eigenvalue weighted by molar-refractivity contribution is 0.0516. The van der Waals surface area contributed by atoms with Crippen molar-refractivity contribution < 1.29 is 14.4 Å². The van der Waals surface area contributed by atoms with Gasteiger partial charge < -0.3 is 15.3 Å². The fourth-order valence-corrected chi connectivity index (χ4v) is 3.14. The lowest BCUT2D eigenvalue weighted by Crippen LogP contribution is -2.16. The number of hydrogen-bond donors (Lipinski definition) is 1. The lowest BCUT2D eigenvalue weighted by Gasteiger charge is -2.08. The predicted molar refractivity (Wildman–Crippen MR) is 118 cm³/mol. The standard InChI is InChI=1S/C21H15BrCl2N2O3/c22-15-4-7-17(8-5-15)28-12-13-2-1-3-14(10-13)21(27)29-26-20(25)18-9-6-16(23)11-19(18)24/h1-11H,12H2,(H2,25,26). The molecule has 0 unspecified atom stereocenters. The summed E-state index contributed by atoms with van der Waals surface area (Å²) in [5.41, 5.74) is 7.39. The molecule has 0 heterocycles. The molecule has 29 heavy (non-hydrogen) atoms. The molecule has 0 saturated heterocycles. The SMILES string of the molecule is N/C(=N\OC(=O)c1cccc(COc2ccc(Br)cc2)c1)c1ccc(Cl)cc1Cl. The fraction of sp³-hybridized carbons (Fsp3) is 0.0476. The van der Waals surface area contributed by atoms with Gasteiger partial charge in [0, 0.05) is 15.1 Å². The smallest absolute Gasteiger partial charge is 0.365 e. The molecule has 0 aliphatic carbocycles. The number of amidine groups is 1. The zero-order valence-corrected chi connectivity index (χ0v) is 18.0. The van der Waals surface area contributed by atoms with Crippen molar-refractivity contribution in [3.8, 4) is 5.75 Å². The van der Waals surface area contributed by atoms with E-state index >= 15 is 0 Å². The minimum atomic E-state index is -0.650. The van der Waals surface area contributed by atoms with Gasteiger partial charge in [-0.2, -0.15) is 0 Å². The lowest BCUT2D eigenvalue weighted by atomic mass is 10.1. The van der Waals surface area contributed by atoms with Crippen molar-refractivity contribution in [3.05, 3.63) is 97.9 Å². The van der Waals surface area contributed by atoms with E-state index in [0.29, 0.717) is 27.8 Å². The third-order valence-electron chi connectivity index (χ3n) is 3.82. The molecule has 2 N–H and O–H groups in total. The number of nitrogens with zero attached hydrogens (tertiary/aromatic N) is 1. The zero-order chi connectivity index (χ0) is 20.8. The van der Waals surface area contributed by atoms with Crippen molar-refractivity contribution in [1.29, 1.82) is 0 Å². The number of carbonyl (C=O) groups is 1. The summed E-state index contributed by atoms with van der Waals surface area (Å²) < 4.78 is 6.68. The molecule has 0 amide bonds. The van der Waals surface area contributed by atoms with Crippen molar-refractivity contribution in [3.63, 3.8) is 0 Å². The molecule has 0 radical (unpaired) electrons. The predicted octanol–water partition coefficient (Wildman–Crippen LogP) is 5.81. The third kappa shape index (κ3) is 5.97. The van der Waals surface area contributed by atoms with E-state index in [1.54, 1.807) is 30.3 Å². The molecule has 0 spiro atoms. The van der Waals surface area contributed by atoms with Gasteiger partial charge in [0.15, 0.2) is 5.84 Å². The first kappa shape index (κ1) is 21.2. The monoisotopic (exact) mass is 492 g/mol.